The van der Waals surface area contributed by atoms with Crippen LogP contribution in [0.5, 0.6) is 0 Å². The lowest BCUT2D eigenvalue weighted by Gasteiger charge is -2.43. The van der Waals surface area contributed by atoms with Crippen LogP contribution in [0.25, 0.3) is 10.8 Å². The van der Waals surface area contributed by atoms with Crippen molar-refractivity contribution < 1.29 is 14.4 Å². The van der Waals surface area contributed by atoms with Crippen LogP contribution in [0.1, 0.15) is 31.4 Å². The van der Waals surface area contributed by atoms with Crippen molar-refractivity contribution in [1.29, 1.82) is 0 Å². The van der Waals surface area contributed by atoms with E-state index in [1.807, 2.05) is 62.4 Å². The number of piperazine rings is 1. The molecule has 1 fully saturated rings. The van der Waals surface area contributed by atoms with Gasteiger partial charge in [-0.25, -0.2) is 0 Å². The number of hydrogen-bond donors (Lipinski definition) is 2. The third-order valence-corrected chi connectivity index (χ3v) is 6.92. The Bertz CT molecular complexity index is 1330. The fourth-order valence-corrected chi connectivity index (χ4v) is 4.93. The van der Waals surface area contributed by atoms with Gasteiger partial charge in [0.1, 0.15) is 12.6 Å². The van der Waals surface area contributed by atoms with Crippen LogP contribution in [0.4, 0.5) is 0 Å². The summed E-state index contributed by atoms with van der Waals surface area (Å²) in [7, 11) is 0. The number of nitrogens with two attached hydrogens (primary N) is 2. The molecule has 1 heterocycles. The molecule has 4 N–H and O–H groups in total. The first-order chi connectivity index (χ1) is 18.1. The first-order valence-corrected chi connectivity index (χ1v) is 13.0. The minimum Gasteiger partial charge on any atom is -0.368 e. The molecule has 3 aromatic rings. The second-order valence-electron chi connectivity index (χ2n) is 10.8. The summed E-state index contributed by atoms with van der Waals surface area (Å²) in [6.07, 6.45) is 4.65. The molecule has 7 nitrogen and oxygen atoms in total. The lowest BCUT2D eigenvalue weighted by Crippen LogP contribution is -2.63. The number of nitrogens with zero attached hydrogens (tertiary/aromatic N) is 2. The van der Waals surface area contributed by atoms with E-state index in [0.29, 0.717) is 19.3 Å². The lowest BCUT2D eigenvalue weighted by molar-refractivity contribution is -0.151. The second kappa shape index (κ2) is 11.6. The van der Waals surface area contributed by atoms with E-state index in [-0.39, 0.29) is 30.9 Å². The van der Waals surface area contributed by atoms with E-state index in [1.165, 1.54) is 6.08 Å². The normalized spacial score (nSPS) is 17.2. The quantitative estimate of drug-likeness (QED) is 0.429. The molecule has 0 unspecified atom stereocenters. The average molecular weight is 513 g/mol. The maximum Gasteiger partial charge on any atom is 0.247 e. The molecule has 7 heteroatoms. The molecule has 198 valence electrons. The molecule has 38 heavy (non-hydrogen) atoms. The summed E-state index contributed by atoms with van der Waals surface area (Å²) >= 11 is 0. The smallest absolute Gasteiger partial charge is 0.247 e. The topological polar surface area (TPSA) is 110 Å². The highest BCUT2D eigenvalue weighted by Gasteiger charge is 2.39. The Labute approximate surface area is 224 Å². The maximum atomic E-state index is 13.3. The number of fused-ring (bicyclic) bond motifs is 1. The van der Waals surface area contributed by atoms with Crippen molar-refractivity contribution in [1.82, 2.24) is 9.80 Å². The summed E-state index contributed by atoms with van der Waals surface area (Å²) in [6.45, 7) is 3.88. The van der Waals surface area contributed by atoms with Gasteiger partial charge in [-0.15, -0.1) is 0 Å². The standard InChI is InChI=1S/C31H36N4O3/c1-31(2,33)16-8-13-28(36)34-21-29(37)35(27(30(32)38)19-22-9-4-3-5-10-22)20-26(34)18-23-14-15-24-11-6-7-12-25(24)17-23/h3-15,17,26-27H,16,18-21,33H2,1-2H3,(H2,32,38)/b13-8+/t26-,27-/m1/s1. The zero-order chi connectivity index (χ0) is 27.3. The van der Waals surface area contributed by atoms with Crippen LogP contribution in [0, 0.1) is 0 Å². The molecule has 2 atom stereocenters. The number of amides is 3. The second-order valence-corrected chi connectivity index (χ2v) is 10.8. The summed E-state index contributed by atoms with van der Waals surface area (Å²) in [5.41, 5.74) is 13.4. The number of carbonyl (C=O) groups excluding carboxylic acids is 3. The van der Waals surface area contributed by atoms with Crippen LogP contribution >= 0.6 is 0 Å². The van der Waals surface area contributed by atoms with Gasteiger partial charge >= 0.3 is 0 Å². The molecule has 3 amide bonds. The molecule has 4 rings (SSSR count). The monoisotopic (exact) mass is 512 g/mol. The molecule has 0 aliphatic carbocycles. The highest BCUT2D eigenvalue weighted by atomic mass is 16.2. The molecule has 0 bridgehead atoms. The summed E-state index contributed by atoms with van der Waals surface area (Å²) in [4.78, 5) is 42.3. The van der Waals surface area contributed by atoms with Crippen molar-refractivity contribution in [3.05, 3.63) is 96.1 Å². The third-order valence-electron chi connectivity index (χ3n) is 6.92. The Hall–Kier alpha value is -3.97. The van der Waals surface area contributed by atoms with Gasteiger partial charge < -0.3 is 21.3 Å². The van der Waals surface area contributed by atoms with Gasteiger partial charge in [-0.3, -0.25) is 14.4 Å². The van der Waals surface area contributed by atoms with Gasteiger partial charge in [-0.05, 0) is 54.7 Å². The van der Waals surface area contributed by atoms with Crippen LogP contribution in [0.3, 0.4) is 0 Å². The van der Waals surface area contributed by atoms with Gasteiger partial charge in [0.15, 0.2) is 0 Å². The number of carbonyl (C=O) groups is 3. The minimum absolute atomic E-state index is 0.119. The van der Waals surface area contributed by atoms with Crippen molar-refractivity contribution in [3.63, 3.8) is 0 Å². The van der Waals surface area contributed by atoms with E-state index in [4.69, 9.17) is 11.5 Å². The van der Waals surface area contributed by atoms with E-state index in [9.17, 15) is 14.4 Å². The number of rotatable bonds is 9. The molecule has 0 radical (unpaired) electrons. The van der Waals surface area contributed by atoms with E-state index in [0.717, 1.165) is 21.9 Å². The van der Waals surface area contributed by atoms with Crippen LogP contribution in [0.2, 0.25) is 0 Å². The Morgan fingerprint density at radius 3 is 2.37 bits per heavy atom. The molecule has 1 saturated heterocycles. The van der Waals surface area contributed by atoms with Crippen LogP contribution < -0.4 is 11.5 Å². The van der Waals surface area contributed by atoms with Gasteiger partial charge in [0.05, 0.1) is 6.04 Å². The average Bonchev–Trinajstić information content (AvgIpc) is 2.88. The minimum atomic E-state index is -0.796. The van der Waals surface area contributed by atoms with Crippen molar-refractivity contribution >= 4 is 28.5 Å². The largest absolute Gasteiger partial charge is 0.368 e. The van der Waals surface area contributed by atoms with Crippen LogP contribution in [0.15, 0.2) is 84.9 Å². The first-order valence-electron chi connectivity index (χ1n) is 13.0. The van der Waals surface area contributed by atoms with Crippen molar-refractivity contribution in [2.45, 2.75) is 50.7 Å². The summed E-state index contributed by atoms with van der Waals surface area (Å²) in [6, 6.07) is 22.7. The van der Waals surface area contributed by atoms with Crippen LogP contribution in [-0.2, 0) is 27.2 Å². The zero-order valence-electron chi connectivity index (χ0n) is 22.0. The maximum absolute atomic E-state index is 13.3. The fourth-order valence-electron chi connectivity index (χ4n) is 4.93. The summed E-state index contributed by atoms with van der Waals surface area (Å²) < 4.78 is 0. The fraction of sp³-hybridized carbons (Fsp3) is 0.323. The van der Waals surface area contributed by atoms with E-state index >= 15 is 0 Å². The first kappa shape index (κ1) is 27.1. The predicted octanol–water partition coefficient (Wildman–Crippen LogP) is 3.20. The molecule has 1 aliphatic heterocycles. The van der Waals surface area contributed by atoms with Crippen molar-refractivity contribution in [3.8, 4) is 0 Å². The van der Waals surface area contributed by atoms with Crippen molar-refractivity contribution in [2.75, 3.05) is 13.1 Å². The molecule has 0 saturated carbocycles. The van der Waals surface area contributed by atoms with Gasteiger partial charge in [0.25, 0.3) is 0 Å². The summed E-state index contributed by atoms with van der Waals surface area (Å²) in [5.74, 6) is -1.09. The van der Waals surface area contributed by atoms with Gasteiger partial charge in [-0.1, -0.05) is 78.9 Å². The van der Waals surface area contributed by atoms with Gasteiger partial charge in [-0.2, -0.15) is 0 Å². The zero-order valence-corrected chi connectivity index (χ0v) is 22.0. The molecule has 1 aliphatic rings. The van der Waals surface area contributed by atoms with E-state index in [2.05, 4.69) is 24.3 Å². The third kappa shape index (κ3) is 6.86. The molecular formula is C31H36N4O3. The number of primary amides is 1. The van der Waals surface area contributed by atoms with Crippen molar-refractivity contribution in [2.24, 2.45) is 11.5 Å². The Morgan fingerprint density at radius 1 is 1.00 bits per heavy atom. The Morgan fingerprint density at radius 2 is 1.68 bits per heavy atom. The Balaban J connectivity index is 1.62. The molecule has 0 aromatic heterocycles. The summed E-state index contributed by atoms with van der Waals surface area (Å²) in [5, 5.41) is 2.24. The lowest BCUT2D eigenvalue weighted by atomic mass is 9.96. The predicted molar refractivity (Wildman–Crippen MR) is 150 cm³/mol. The highest BCUT2D eigenvalue weighted by molar-refractivity contribution is 5.94. The van der Waals surface area contributed by atoms with Gasteiger partial charge in [0, 0.05) is 18.5 Å². The Kier molecular flexibility index (Phi) is 8.27. The number of hydrogen-bond acceptors (Lipinski definition) is 4. The molecule has 3 aromatic carbocycles. The SMILES string of the molecule is CC(C)(N)C/C=C/C(=O)N1CC(=O)N([C@H](Cc2ccccc2)C(N)=O)C[C@H]1Cc1ccc2ccccc2c1. The molecule has 0 spiro atoms. The van der Waals surface area contributed by atoms with E-state index in [1.54, 1.807) is 15.9 Å². The van der Waals surface area contributed by atoms with Gasteiger partial charge in [0.2, 0.25) is 17.7 Å². The van der Waals surface area contributed by atoms with Crippen LogP contribution in [-0.4, -0.2) is 58.2 Å². The highest BCUT2D eigenvalue weighted by Crippen LogP contribution is 2.23. The van der Waals surface area contributed by atoms with E-state index < -0.39 is 17.5 Å². The number of benzene rings is 3. The molecular weight excluding hydrogens is 476 g/mol.